The normalized spacial score (nSPS) is 13.8. The molecule has 0 bridgehead atoms. The lowest BCUT2D eigenvalue weighted by Gasteiger charge is -2.32. The molecule has 0 atom stereocenters. The van der Waals surface area contributed by atoms with Crippen molar-refractivity contribution >= 4 is 38.4 Å². The number of nitrogens with two attached hydrogens (primary N) is 1. The third-order valence-electron chi connectivity index (χ3n) is 14.0. The van der Waals surface area contributed by atoms with Gasteiger partial charge in [0.15, 0.2) is 0 Å². The average Bonchev–Trinajstić information content (AvgIpc) is 3.74. The van der Waals surface area contributed by atoms with E-state index in [-0.39, 0.29) is 10.8 Å². The molecule has 2 aliphatic rings. The quantitative estimate of drug-likeness (QED) is 0.173. The van der Waals surface area contributed by atoms with Crippen molar-refractivity contribution in [2.75, 3.05) is 6.54 Å². The summed E-state index contributed by atoms with van der Waals surface area (Å²) in [5, 5.41) is 7.44. The van der Waals surface area contributed by atoms with E-state index in [4.69, 9.17) is 5.73 Å². The molecule has 2 aliphatic carbocycles. The van der Waals surface area contributed by atoms with Crippen molar-refractivity contribution in [1.82, 2.24) is 0 Å². The third kappa shape index (κ3) is 5.03. The van der Waals surface area contributed by atoms with E-state index in [2.05, 4.69) is 211 Å². The molecule has 2 N–H and O–H groups in total. The fourth-order valence-corrected chi connectivity index (χ4v) is 10.7. The number of rotatable bonds is 5. The van der Waals surface area contributed by atoms with Crippen LogP contribution in [0, 0.1) is 0 Å². The van der Waals surface area contributed by atoms with Crippen LogP contribution in [0.15, 0.2) is 170 Å². The molecule has 0 radical (unpaired) electrons. The number of hydrogen-bond acceptors (Lipinski definition) is 1. The SMILES string of the molecule is C=Cc1c2cc(C(C)(C)C)ccc2c(-c2cccc3ccccc23)c2cc(-c3ccc4c(c3)C3(c5ccccc5-c5ccccc53)c3cc(C(C)(C)CN)ccc3-4)ccc12. The van der Waals surface area contributed by atoms with Crippen molar-refractivity contribution in [3.05, 3.63) is 209 Å². The molecule has 1 nitrogen and oxygen atoms in total. The third-order valence-corrected chi connectivity index (χ3v) is 14.0. The van der Waals surface area contributed by atoms with Crippen molar-refractivity contribution in [2.45, 2.75) is 50.9 Å². The van der Waals surface area contributed by atoms with Crippen LogP contribution in [0.5, 0.6) is 0 Å². The topological polar surface area (TPSA) is 26.0 Å². The van der Waals surface area contributed by atoms with Gasteiger partial charge in [0, 0.05) is 12.0 Å². The van der Waals surface area contributed by atoms with Crippen LogP contribution in [0.1, 0.15) is 73.6 Å². The Hall–Kier alpha value is -6.54. The van der Waals surface area contributed by atoms with Crippen molar-refractivity contribution in [3.8, 4) is 44.5 Å². The van der Waals surface area contributed by atoms with E-state index in [0.29, 0.717) is 6.54 Å². The van der Waals surface area contributed by atoms with E-state index in [9.17, 15) is 0 Å². The van der Waals surface area contributed by atoms with Gasteiger partial charge in [0.1, 0.15) is 0 Å². The summed E-state index contributed by atoms with van der Waals surface area (Å²) in [5.74, 6) is 0. The van der Waals surface area contributed by atoms with Gasteiger partial charge in [-0.25, -0.2) is 0 Å². The summed E-state index contributed by atoms with van der Waals surface area (Å²) < 4.78 is 0. The maximum absolute atomic E-state index is 6.43. The highest BCUT2D eigenvalue weighted by atomic mass is 14.6. The van der Waals surface area contributed by atoms with Crippen LogP contribution in [0.2, 0.25) is 0 Å². The lowest BCUT2D eigenvalue weighted by Crippen LogP contribution is -2.30. The fraction of sp³-hybridized carbons (Fsp3) is 0.153. The Morgan fingerprint density at radius 2 is 1.03 bits per heavy atom. The summed E-state index contributed by atoms with van der Waals surface area (Å²) in [6, 6.07) is 62.3. The molecule has 1 heteroatoms. The van der Waals surface area contributed by atoms with Gasteiger partial charge < -0.3 is 5.73 Å². The molecule has 0 amide bonds. The monoisotopic (exact) mass is 771 g/mol. The summed E-state index contributed by atoms with van der Waals surface area (Å²) in [7, 11) is 0. The predicted octanol–water partition coefficient (Wildman–Crippen LogP) is 15.0. The molecule has 0 unspecified atom stereocenters. The van der Waals surface area contributed by atoms with E-state index in [1.807, 2.05) is 0 Å². The predicted molar refractivity (Wildman–Crippen MR) is 257 cm³/mol. The van der Waals surface area contributed by atoms with E-state index >= 15 is 0 Å². The number of benzene rings is 9. The second-order valence-electron chi connectivity index (χ2n) is 18.7. The summed E-state index contributed by atoms with van der Waals surface area (Å²) >= 11 is 0. The molecule has 9 aromatic rings. The van der Waals surface area contributed by atoms with Crippen LogP contribution in [0.4, 0.5) is 0 Å². The van der Waals surface area contributed by atoms with Gasteiger partial charge in [-0.1, -0.05) is 193 Å². The Morgan fingerprint density at radius 1 is 0.467 bits per heavy atom. The van der Waals surface area contributed by atoms with E-state index in [1.165, 1.54) is 116 Å². The van der Waals surface area contributed by atoms with E-state index in [0.717, 1.165) is 0 Å². The maximum Gasteiger partial charge on any atom is 0.0725 e. The molecule has 290 valence electrons. The Balaban J connectivity index is 1.21. The molecule has 11 rings (SSSR count). The first-order chi connectivity index (χ1) is 29.0. The summed E-state index contributed by atoms with van der Waals surface area (Å²) in [6.07, 6.45) is 2.06. The zero-order valence-corrected chi connectivity index (χ0v) is 35.2. The van der Waals surface area contributed by atoms with Crippen molar-refractivity contribution in [2.24, 2.45) is 5.73 Å². The van der Waals surface area contributed by atoms with Gasteiger partial charge in [-0.2, -0.15) is 0 Å². The van der Waals surface area contributed by atoms with E-state index < -0.39 is 5.41 Å². The van der Waals surface area contributed by atoms with Gasteiger partial charge in [0.2, 0.25) is 0 Å². The van der Waals surface area contributed by atoms with Crippen molar-refractivity contribution < 1.29 is 0 Å². The largest absolute Gasteiger partial charge is 0.330 e. The minimum absolute atomic E-state index is 0.0121. The summed E-state index contributed by atoms with van der Waals surface area (Å²) in [6.45, 7) is 16.4. The molecule has 0 saturated carbocycles. The molecule has 0 heterocycles. The van der Waals surface area contributed by atoms with Crippen LogP contribution >= 0.6 is 0 Å². The first-order valence-electron chi connectivity index (χ1n) is 21.4. The Bertz CT molecular complexity index is 3230. The highest BCUT2D eigenvalue weighted by molar-refractivity contribution is 6.21. The van der Waals surface area contributed by atoms with Gasteiger partial charge in [-0.3, -0.25) is 0 Å². The van der Waals surface area contributed by atoms with Gasteiger partial charge in [-0.05, 0) is 139 Å². The smallest absolute Gasteiger partial charge is 0.0725 e. The standard InChI is InChI=1S/C59H49N/c1-7-41-43-27-23-37(31-51(43)56(48-20-14-16-36-15-8-9-17-42(36)48)49-30-25-39(33-50(41)49)57(2,3)4)38-24-28-46-47-29-26-40(58(5,6)35-60)34-55(47)59(54(46)32-38)52-21-12-10-18-44(52)45-19-11-13-22-53(45)59/h7-34H,1,35,60H2,2-6H3. The van der Waals surface area contributed by atoms with Crippen LogP contribution in [0.3, 0.4) is 0 Å². The second-order valence-corrected chi connectivity index (χ2v) is 18.7. The highest BCUT2D eigenvalue weighted by Gasteiger charge is 2.52. The fourth-order valence-electron chi connectivity index (χ4n) is 10.7. The molecule has 0 fully saturated rings. The minimum Gasteiger partial charge on any atom is -0.330 e. The van der Waals surface area contributed by atoms with Gasteiger partial charge in [0.05, 0.1) is 5.41 Å². The van der Waals surface area contributed by atoms with E-state index in [1.54, 1.807) is 0 Å². The summed E-state index contributed by atoms with van der Waals surface area (Å²) in [5.41, 5.74) is 25.1. The van der Waals surface area contributed by atoms with Crippen molar-refractivity contribution in [1.29, 1.82) is 0 Å². The minimum atomic E-state index is -0.462. The molecular formula is C59H49N. The highest BCUT2D eigenvalue weighted by Crippen LogP contribution is 2.63. The lowest BCUT2D eigenvalue weighted by atomic mass is 9.69. The molecule has 0 saturated heterocycles. The number of hydrogen-bond donors (Lipinski definition) is 1. The molecular weight excluding hydrogens is 723 g/mol. The first-order valence-corrected chi connectivity index (χ1v) is 21.4. The Labute approximate surface area is 353 Å². The zero-order valence-electron chi connectivity index (χ0n) is 35.2. The van der Waals surface area contributed by atoms with Crippen molar-refractivity contribution in [3.63, 3.8) is 0 Å². The van der Waals surface area contributed by atoms with Crippen LogP contribution in [0.25, 0.3) is 82.9 Å². The van der Waals surface area contributed by atoms with Crippen LogP contribution < -0.4 is 5.73 Å². The molecule has 60 heavy (non-hydrogen) atoms. The van der Waals surface area contributed by atoms with Gasteiger partial charge in [0.25, 0.3) is 0 Å². The Morgan fingerprint density at radius 3 is 1.75 bits per heavy atom. The summed E-state index contributed by atoms with van der Waals surface area (Å²) in [4.78, 5) is 0. The average molecular weight is 772 g/mol. The first kappa shape index (κ1) is 36.5. The van der Waals surface area contributed by atoms with Gasteiger partial charge in [-0.15, -0.1) is 0 Å². The van der Waals surface area contributed by atoms with Crippen LogP contribution in [-0.2, 0) is 16.2 Å². The maximum atomic E-state index is 6.43. The molecule has 0 aliphatic heterocycles. The second kappa shape index (κ2) is 13.0. The molecule has 0 aromatic heterocycles. The number of fused-ring (bicyclic) bond motifs is 13. The molecule has 1 spiro atoms. The van der Waals surface area contributed by atoms with Gasteiger partial charge >= 0.3 is 0 Å². The zero-order chi connectivity index (χ0) is 41.1. The van der Waals surface area contributed by atoms with Crippen LogP contribution in [-0.4, -0.2) is 6.54 Å². The molecule has 9 aromatic carbocycles. The lowest BCUT2D eigenvalue weighted by molar-refractivity contribution is 0.538. The Kier molecular flexibility index (Phi) is 7.90.